The Labute approximate surface area is 101 Å². The summed E-state index contributed by atoms with van der Waals surface area (Å²) in [6.07, 6.45) is 8.61. The molecule has 1 aliphatic carbocycles. The van der Waals surface area contributed by atoms with E-state index in [0.717, 1.165) is 25.7 Å². The van der Waals surface area contributed by atoms with Gasteiger partial charge in [-0.1, -0.05) is 19.3 Å². The van der Waals surface area contributed by atoms with Crippen molar-refractivity contribution in [2.45, 2.75) is 38.5 Å². The number of ketones is 2. The van der Waals surface area contributed by atoms with E-state index in [9.17, 15) is 9.59 Å². The van der Waals surface area contributed by atoms with Crippen molar-refractivity contribution in [3.05, 3.63) is 30.1 Å². The molecule has 3 heteroatoms. The monoisotopic (exact) mass is 231 g/mol. The zero-order chi connectivity index (χ0) is 12.1. The normalized spacial score (nSPS) is 16.7. The summed E-state index contributed by atoms with van der Waals surface area (Å²) < 4.78 is 0. The summed E-state index contributed by atoms with van der Waals surface area (Å²) in [5.74, 6) is 0.157. The molecule has 0 spiro atoms. The number of rotatable bonds is 4. The van der Waals surface area contributed by atoms with Crippen molar-refractivity contribution >= 4 is 11.6 Å². The van der Waals surface area contributed by atoms with E-state index in [2.05, 4.69) is 4.98 Å². The number of hydrogen-bond acceptors (Lipinski definition) is 3. The third-order valence-electron chi connectivity index (χ3n) is 3.40. The van der Waals surface area contributed by atoms with E-state index < -0.39 is 0 Å². The van der Waals surface area contributed by atoms with E-state index in [1.165, 1.54) is 6.42 Å². The van der Waals surface area contributed by atoms with Crippen LogP contribution in [0.5, 0.6) is 0 Å². The first-order chi connectivity index (χ1) is 8.27. The van der Waals surface area contributed by atoms with Gasteiger partial charge in [-0.3, -0.25) is 14.6 Å². The van der Waals surface area contributed by atoms with Crippen molar-refractivity contribution in [1.29, 1.82) is 0 Å². The molecule has 0 bridgehead atoms. The topological polar surface area (TPSA) is 47.0 Å². The number of pyridine rings is 1. The quantitative estimate of drug-likeness (QED) is 0.591. The minimum atomic E-state index is -0.0806. The van der Waals surface area contributed by atoms with Crippen LogP contribution < -0.4 is 0 Å². The lowest BCUT2D eigenvalue weighted by molar-refractivity contribution is -0.122. The molecule has 1 aliphatic rings. The molecule has 0 saturated heterocycles. The highest BCUT2D eigenvalue weighted by Crippen LogP contribution is 2.25. The summed E-state index contributed by atoms with van der Waals surface area (Å²) in [6.45, 7) is 0. The standard InChI is InChI=1S/C14H17NO2/c16-13(11-4-2-1-3-5-11)10-14(17)12-6-8-15-9-7-12/h6-9,11H,1-5,10H2. The minimum absolute atomic E-state index is 0.0503. The van der Waals surface area contributed by atoms with Gasteiger partial charge in [-0.05, 0) is 25.0 Å². The second-order valence-electron chi connectivity index (χ2n) is 4.64. The molecule has 2 rings (SSSR count). The van der Waals surface area contributed by atoms with Crippen molar-refractivity contribution in [2.24, 2.45) is 5.92 Å². The molecule has 1 saturated carbocycles. The fourth-order valence-electron chi connectivity index (χ4n) is 2.37. The summed E-state index contributed by atoms with van der Waals surface area (Å²) in [4.78, 5) is 27.7. The van der Waals surface area contributed by atoms with Gasteiger partial charge in [0.2, 0.25) is 0 Å². The van der Waals surface area contributed by atoms with Crippen LogP contribution in [0.1, 0.15) is 48.9 Å². The van der Waals surface area contributed by atoms with E-state index >= 15 is 0 Å². The number of Topliss-reactive ketones (excluding diaryl/α,β-unsaturated/α-hetero) is 2. The van der Waals surface area contributed by atoms with E-state index in [1.54, 1.807) is 24.5 Å². The third kappa shape index (κ3) is 3.22. The first kappa shape index (κ1) is 12.0. The van der Waals surface area contributed by atoms with Crippen LogP contribution in [0.15, 0.2) is 24.5 Å². The molecule has 17 heavy (non-hydrogen) atoms. The van der Waals surface area contributed by atoms with Gasteiger partial charge in [0.05, 0.1) is 6.42 Å². The predicted octanol–water partition coefficient (Wildman–Crippen LogP) is 2.80. The molecule has 0 unspecified atom stereocenters. The lowest BCUT2D eigenvalue weighted by Crippen LogP contribution is -2.20. The molecule has 1 heterocycles. The SMILES string of the molecule is O=C(CC(=O)C1CCCCC1)c1ccncc1. The van der Waals surface area contributed by atoms with Crippen molar-refractivity contribution in [3.8, 4) is 0 Å². The Hall–Kier alpha value is -1.51. The second kappa shape index (κ2) is 5.71. The molecule has 0 atom stereocenters. The van der Waals surface area contributed by atoms with E-state index in [0.29, 0.717) is 5.56 Å². The van der Waals surface area contributed by atoms with Crippen LogP contribution >= 0.6 is 0 Å². The molecule has 3 nitrogen and oxygen atoms in total. The van der Waals surface area contributed by atoms with Gasteiger partial charge in [0.15, 0.2) is 5.78 Å². The van der Waals surface area contributed by atoms with Crippen molar-refractivity contribution in [3.63, 3.8) is 0 Å². The smallest absolute Gasteiger partial charge is 0.170 e. The lowest BCUT2D eigenvalue weighted by atomic mass is 9.84. The largest absolute Gasteiger partial charge is 0.299 e. The molecule has 0 aromatic carbocycles. The number of nitrogens with zero attached hydrogens (tertiary/aromatic N) is 1. The molecule has 90 valence electrons. The molecular formula is C14H17NO2. The second-order valence-corrected chi connectivity index (χ2v) is 4.64. The zero-order valence-electron chi connectivity index (χ0n) is 9.89. The van der Waals surface area contributed by atoms with Crippen LogP contribution in [0.4, 0.5) is 0 Å². The summed E-state index contributed by atoms with van der Waals surface area (Å²) in [6, 6.07) is 3.33. The van der Waals surface area contributed by atoms with Gasteiger partial charge in [0, 0.05) is 23.9 Å². The van der Waals surface area contributed by atoms with Gasteiger partial charge in [-0.2, -0.15) is 0 Å². The maximum absolute atomic E-state index is 11.9. The summed E-state index contributed by atoms with van der Waals surface area (Å²) in [5.41, 5.74) is 0.587. The van der Waals surface area contributed by atoms with Crippen LogP contribution in [-0.2, 0) is 4.79 Å². The first-order valence-corrected chi connectivity index (χ1v) is 6.23. The summed E-state index contributed by atoms with van der Waals surface area (Å²) in [5, 5.41) is 0. The summed E-state index contributed by atoms with van der Waals surface area (Å²) in [7, 11) is 0. The van der Waals surface area contributed by atoms with Crippen LogP contribution in [-0.4, -0.2) is 16.6 Å². The average molecular weight is 231 g/mol. The van der Waals surface area contributed by atoms with Gasteiger partial charge in [0.25, 0.3) is 0 Å². The van der Waals surface area contributed by atoms with E-state index in [-0.39, 0.29) is 23.9 Å². The molecule has 1 aromatic heterocycles. The highest BCUT2D eigenvalue weighted by molar-refractivity contribution is 6.08. The Morgan fingerprint density at radius 2 is 1.76 bits per heavy atom. The Bertz CT molecular complexity index is 394. The minimum Gasteiger partial charge on any atom is -0.299 e. The van der Waals surface area contributed by atoms with Crippen LogP contribution in [0.2, 0.25) is 0 Å². The Kier molecular flexibility index (Phi) is 4.02. The Morgan fingerprint density at radius 1 is 1.12 bits per heavy atom. The van der Waals surface area contributed by atoms with Gasteiger partial charge in [-0.25, -0.2) is 0 Å². The summed E-state index contributed by atoms with van der Waals surface area (Å²) >= 11 is 0. The number of carbonyl (C=O) groups is 2. The van der Waals surface area contributed by atoms with Crippen LogP contribution in [0.3, 0.4) is 0 Å². The average Bonchev–Trinajstić information content (AvgIpc) is 2.40. The fourth-order valence-corrected chi connectivity index (χ4v) is 2.37. The number of carbonyl (C=O) groups excluding carboxylic acids is 2. The van der Waals surface area contributed by atoms with Crippen LogP contribution in [0, 0.1) is 5.92 Å². The van der Waals surface area contributed by atoms with Crippen molar-refractivity contribution in [1.82, 2.24) is 4.98 Å². The van der Waals surface area contributed by atoms with E-state index in [4.69, 9.17) is 0 Å². The zero-order valence-corrected chi connectivity index (χ0v) is 9.89. The molecule has 0 N–H and O–H groups in total. The number of hydrogen-bond donors (Lipinski definition) is 0. The highest BCUT2D eigenvalue weighted by atomic mass is 16.1. The van der Waals surface area contributed by atoms with E-state index in [1.807, 2.05) is 0 Å². The molecular weight excluding hydrogens is 214 g/mol. The van der Waals surface area contributed by atoms with Gasteiger partial charge < -0.3 is 0 Å². The molecule has 0 amide bonds. The maximum atomic E-state index is 11.9. The Morgan fingerprint density at radius 3 is 2.41 bits per heavy atom. The van der Waals surface area contributed by atoms with Gasteiger partial charge in [0.1, 0.15) is 5.78 Å². The predicted molar refractivity (Wildman–Crippen MR) is 64.8 cm³/mol. The molecule has 1 fully saturated rings. The van der Waals surface area contributed by atoms with Crippen LogP contribution in [0.25, 0.3) is 0 Å². The van der Waals surface area contributed by atoms with Crippen molar-refractivity contribution in [2.75, 3.05) is 0 Å². The highest BCUT2D eigenvalue weighted by Gasteiger charge is 2.23. The maximum Gasteiger partial charge on any atom is 0.170 e. The fraction of sp³-hybridized carbons (Fsp3) is 0.500. The third-order valence-corrected chi connectivity index (χ3v) is 3.40. The molecule has 1 aromatic rings. The Balaban J connectivity index is 1.92. The van der Waals surface area contributed by atoms with Gasteiger partial charge >= 0.3 is 0 Å². The molecule has 0 radical (unpaired) electrons. The molecule has 0 aliphatic heterocycles. The van der Waals surface area contributed by atoms with Gasteiger partial charge in [-0.15, -0.1) is 0 Å². The first-order valence-electron chi connectivity index (χ1n) is 6.23. The number of aromatic nitrogens is 1. The van der Waals surface area contributed by atoms with Crippen molar-refractivity contribution < 1.29 is 9.59 Å². The lowest BCUT2D eigenvalue weighted by Gasteiger charge is -2.19.